The standard InChI is InChI=1S/C12H13ClN2OS/c1-2-15(8-10-4-3-5-17-10)12(16)11-6-9(13)7-14-11/h3-7,14H,2,8H2,1H3. The molecule has 17 heavy (non-hydrogen) atoms. The number of aromatic nitrogens is 1. The summed E-state index contributed by atoms with van der Waals surface area (Å²) in [4.78, 5) is 18.0. The highest BCUT2D eigenvalue weighted by Gasteiger charge is 2.16. The van der Waals surface area contributed by atoms with Crippen molar-refractivity contribution in [2.24, 2.45) is 0 Å². The van der Waals surface area contributed by atoms with E-state index in [-0.39, 0.29) is 5.91 Å². The molecule has 1 N–H and O–H groups in total. The SMILES string of the molecule is CCN(Cc1cccs1)C(=O)c1cc(Cl)c[nH]1. The van der Waals surface area contributed by atoms with Crippen LogP contribution >= 0.6 is 22.9 Å². The Balaban J connectivity index is 2.10. The first-order valence-corrected chi connectivity index (χ1v) is 6.62. The van der Waals surface area contributed by atoms with E-state index in [1.54, 1.807) is 28.5 Å². The van der Waals surface area contributed by atoms with E-state index in [0.717, 1.165) is 0 Å². The molecule has 0 saturated heterocycles. The number of nitrogens with zero attached hydrogens (tertiary/aromatic N) is 1. The van der Waals surface area contributed by atoms with Crippen molar-refractivity contribution < 1.29 is 4.79 Å². The summed E-state index contributed by atoms with van der Waals surface area (Å²) in [6, 6.07) is 5.67. The molecule has 0 aromatic carbocycles. The van der Waals surface area contributed by atoms with Gasteiger partial charge in [0.05, 0.1) is 11.6 Å². The van der Waals surface area contributed by atoms with Crippen molar-refractivity contribution in [1.82, 2.24) is 9.88 Å². The molecule has 2 rings (SSSR count). The molecule has 3 nitrogen and oxygen atoms in total. The van der Waals surface area contributed by atoms with Crippen LogP contribution in [0.4, 0.5) is 0 Å². The smallest absolute Gasteiger partial charge is 0.270 e. The molecule has 0 saturated carbocycles. The number of amides is 1. The molecule has 0 atom stereocenters. The fourth-order valence-corrected chi connectivity index (χ4v) is 2.46. The van der Waals surface area contributed by atoms with Gasteiger partial charge in [0.15, 0.2) is 0 Å². The molecule has 2 aromatic rings. The second kappa shape index (κ2) is 5.38. The molecule has 5 heteroatoms. The summed E-state index contributed by atoms with van der Waals surface area (Å²) in [5.74, 6) is -0.0206. The minimum atomic E-state index is -0.0206. The first-order valence-electron chi connectivity index (χ1n) is 5.36. The predicted molar refractivity (Wildman–Crippen MR) is 70.5 cm³/mol. The molecule has 0 unspecified atom stereocenters. The summed E-state index contributed by atoms with van der Waals surface area (Å²) in [5, 5.41) is 2.57. The van der Waals surface area contributed by atoms with Crippen molar-refractivity contribution in [2.45, 2.75) is 13.5 Å². The molecule has 0 aliphatic heterocycles. The molecule has 2 aromatic heterocycles. The van der Waals surface area contributed by atoms with E-state index < -0.39 is 0 Å². The topological polar surface area (TPSA) is 36.1 Å². The minimum absolute atomic E-state index is 0.0206. The number of carbonyl (C=O) groups excluding carboxylic acids is 1. The van der Waals surface area contributed by atoms with E-state index in [9.17, 15) is 4.79 Å². The van der Waals surface area contributed by atoms with Crippen LogP contribution < -0.4 is 0 Å². The Labute approximate surface area is 109 Å². The van der Waals surface area contributed by atoms with Gasteiger partial charge < -0.3 is 9.88 Å². The van der Waals surface area contributed by atoms with E-state index in [0.29, 0.717) is 23.8 Å². The van der Waals surface area contributed by atoms with Gasteiger partial charge in [-0.05, 0) is 24.4 Å². The van der Waals surface area contributed by atoms with Crippen LogP contribution in [0.15, 0.2) is 29.8 Å². The highest BCUT2D eigenvalue weighted by molar-refractivity contribution is 7.09. The maximum absolute atomic E-state index is 12.2. The van der Waals surface area contributed by atoms with Crippen LogP contribution in [0.1, 0.15) is 22.3 Å². The zero-order chi connectivity index (χ0) is 12.3. The Kier molecular flexibility index (Phi) is 3.86. The Morgan fingerprint density at radius 2 is 2.41 bits per heavy atom. The Bertz CT molecular complexity index is 492. The number of H-pyrrole nitrogens is 1. The van der Waals surface area contributed by atoms with Gasteiger partial charge in [-0.2, -0.15) is 0 Å². The summed E-state index contributed by atoms with van der Waals surface area (Å²) >= 11 is 7.45. The summed E-state index contributed by atoms with van der Waals surface area (Å²) < 4.78 is 0. The first-order chi connectivity index (χ1) is 8.20. The van der Waals surface area contributed by atoms with Crippen molar-refractivity contribution in [3.05, 3.63) is 45.4 Å². The lowest BCUT2D eigenvalue weighted by molar-refractivity contribution is 0.0749. The molecule has 90 valence electrons. The third-order valence-corrected chi connectivity index (χ3v) is 3.55. The summed E-state index contributed by atoms with van der Waals surface area (Å²) in [6.45, 7) is 3.28. The van der Waals surface area contributed by atoms with Gasteiger partial charge in [-0.3, -0.25) is 4.79 Å². The van der Waals surface area contributed by atoms with Crippen LogP contribution in [0.25, 0.3) is 0 Å². The van der Waals surface area contributed by atoms with Gasteiger partial charge in [0.1, 0.15) is 5.69 Å². The first kappa shape index (κ1) is 12.2. The van der Waals surface area contributed by atoms with Gasteiger partial charge in [-0.15, -0.1) is 11.3 Å². The predicted octanol–water partition coefficient (Wildman–Crippen LogP) is 3.39. The van der Waals surface area contributed by atoms with Crippen molar-refractivity contribution in [1.29, 1.82) is 0 Å². The summed E-state index contributed by atoms with van der Waals surface area (Å²) in [6.07, 6.45) is 1.62. The maximum atomic E-state index is 12.2. The van der Waals surface area contributed by atoms with Crippen LogP contribution in [-0.2, 0) is 6.54 Å². The van der Waals surface area contributed by atoms with Crippen molar-refractivity contribution in [3.63, 3.8) is 0 Å². The average Bonchev–Trinajstić information content (AvgIpc) is 2.96. The van der Waals surface area contributed by atoms with Crippen LogP contribution in [0.2, 0.25) is 5.02 Å². The fourth-order valence-electron chi connectivity index (χ4n) is 1.58. The number of nitrogens with one attached hydrogen (secondary N) is 1. The molecule has 0 fully saturated rings. The monoisotopic (exact) mass is 268 g/mol. The van der Waals surface area contributed by atoms with Gasteiger partial charge in [0.25, 0.3) is 5.91 Å². The van der Waals surface area contributed by atoms with Crippen LogP contribution in [0.5, 0.6) is 0 Å². The molecule has 2 heterocycles. The highest BCUT2D eigenvalue weighted by atomic mass is 35.5. The fraction of sp³-hybridized carbons (Fsp3) is 0.250. The third-order valence-electron chi connectivity index (χ3n) is 2.47. The second-order valence-corrected chi connectivity index (χ2v) is 5.10. The van der Waals surface area contributed by atoms with Crippen molar-refractivity contribution >= 4 is 28.8 Å². The van der Waals surface area contributed by atoms with E-state index >= 15 is 0 Å². The zero-order valence-corrected chi connectivity index (χ0v) is 11.0. The van der Waals surface area contributed by atoms with Gasteiger partial charge in [0, 0.05) is 17.6 Å². The molecule has 0 bridgehead atoms. The minimum Gasteiger partial charge on any atom is -0.356 e. The quantitative estimate of drug-likeness (QED) is 0.907. The lowest BCUT2D eigenvalue weighted by Gasteiger charge is -2.19. The zero-order valence-electron chi connectivity index (χ0n) is 9.44. The molecule has 0 aliphatic carbocycles. The van der Waals surface area contributed by atoms with Gasteiger partial charge in [-0.25, -0.2) is 0 Å². The van der Waals surface area contributed by atoms with E-state index in [1.165, 1.54) is 4.88 Å². The average molecular weight is 269 g/mol. The van der Waals surface area contributed by atoms with Crippen LogP contribution in [0.3, 0.4) is 0 Å². The molecular weight excluding hydrogens is 256 g/mol. The largest absolute Gasteiger partial charge is 0.356 e. The van der Waals surface area contributed by atoms with Crippen molar-refractivity contribution in [2.75, 3.05) is 6.54 Å². The molecular formula is C12H13ClN2OS. The number of halogens is 1. The third kappa shape index (κ3) is 2.90. The highest BCUT2D eigenvalue weighted by Crippen LogP contribution is 2.15. The Morgan fingerprint density at radius 3 is 2.94 bits per heavy atom. The lowest BCUT2D eigenvalue weighted by atomic mass is 10.3. The van der Waals surface area contributed by atoms with E-state index in [4.69, 9.17) is 11.6 Å². The van der Waals surface area contributed by atoms with Crippen LogP contribution in [0, 0.1) is 0 Å². The second-order valence-electron chi connectivity index (χ2n) is 3.63. The molecule has 0 spiro atoms. The Morgan fingerprint density at radius 1 is 1.59 bits per heavy atom. The number of carbonyl (C=O) groups is 1. The Hall–Kier alpha value is -1.26. The summed E-state index contributed by atoms with van der Waals surface area (Å²) in [7, 11) is 0. The number of rotatable bonds is 4. The van der Waals surface area contributed by atoms with Crippen molar-refractivity contribution in [3.8, 4) is 0 Å². The number of hydrogen-bond donors (Lipinski definition) is 1. The van der Waals surface area contributed by atoms with E-state index in [1.807, 2.05) is 24.4 Å². The number of thiophene rings is 1. The van der Waals surface area contributed by atoms with E-state index in [2.05, 4.69) is 4.98 Å². The maximum Gasteiger partial charge on any atom is 0.270 e. The summed E-state index contributed by atoms with van der Waals surface area (Å²) in [5.41, 5.74) is 0.536. The van der Waals surface area contributed by atoms with Gasteiger partial charge in [-0.1, -0.05) is 17.7 Å². The molecule has 0 radical (unpaired) electrons. The van der Waals surface area contributed by atoms with Crippen LogP contribution in [-0.4, -0.2) is 22.3 Å². The normalized spacial score (nSPS) is 10.5. The van der Waals surface area contributed by atoms with Gasteiger partial charge in [0.2, 0.25) is 0 Å². The van der Waals surface area contributed by atoms with Gasteiger partial charge >= 0.3 is 0 Å². The molecule has 0 aliphatic rings. The number of hydrogen-bond acceptors (Lipinski definition) is 2. The number of aromatic amines is 1. The lowest BCUT2D eigenvalue weighted by Crippen LogP contribution is -2.30. The molecule has 1 amide bonds.